The summed E-state index contributed by atoms with van der Waals surface area (Å²) in [5.41, 5.74) is -3.23. The monoisotopic (exact) mass is 309 g/mol. The van der Waals surface area contributed by atoms with E-state index in [1.54, 1.807) is 0 Å². The van der Waals surface area contributed by atoms with Crippen molar-refractivity contribution in [3.63, 3.8) is 0 Å². The summed E-state index contributed by atoms with van der Waals surface area (Å²) in [6, 6.07) is 2.94. The lowest BCUT2D eigenvalue weighted by Crippen LogP contribution is -2.17. The summed E-state index contributed by atoms with van der Waals surface area (Å²) in [6.07, 6.45) is -5.02. The van der Waals surface area contributed by atoms with Gasteiger partial charge >= 0.3 is 6.18 Å². The van der Waals surface area contributed by atoms with Crippen LogP contribution in [0.3, 0.4) is 0 Å². The Hall–Kier alpha value is -1.42. The molecule has 0 aromatic heterocycles. The van der Waals surface area contributed by atoms with E-state index in [-0.39, 0.29) is 5.33 Å². The molecular formula is C10H4BrF4NO. The molecule has 90 valence electrons. The first kappa shape index (κ1) is 13.6. The van der Waals surface area contributed by atoms with E-state index >= 15 is 0 Å². The van der Waals surface area contributed by atoms with Crippen molar-refractivity contribution in [3.05, 3.63) is 34.6 Å². The molecule has 1 aromatic rings. The summed E-state index contributed by atoms with van der Waals surface area (Å²) in [7, 11) is 0. The summed E-state index contributed by atoms with van der Waals surface area (Å²) < 4.78 is 51.2. The Morgan fingerprint density at radius 3 is 2.41 bits per heavy atom. The molecule has 0 unspecified atom stereocenters. The van der Waals surface area contributed by atoms with Gasteiger partial charge in [-0.25, -0.2) is 4.39 Å². The molecule has 7 heteroatoms. The lowest BCUT2D eigenvalue weighted by atomic mass is 10.00. The Bertz CT molecular complexity index is 504. The first-order chi connectivity index (χ1) is 7.82. The Morgan fingerprint density at radius 1 is 1.41 bits per heavy atom. The quantitative estimate of drug-likeness (QED) is 0.478. The van der Waals surface area contributed by atoms with Gasteiger partial charge in [0, 0.05) is 5.56 Å². The molecule has 0 bridgehead atoms. The molecule has 0 heterocycles. The Morgan fingerprint density at radius 2 is 2.00 bits per heavy atom. The molecule has 0 amide bonds. The van der Waals surface area contributed by atoms with Gasteiger partial charge in [-0.3, -0.25) is 4.79 Å². The highest BCUT2D eigenvalue weighted by Crippen LogP contribution is 2.35. The van der Waals surface area contributed by atoms with Crippen molar-refractivity contribution in [1.82, 2.24) is 0 Å². The molecule has 0 saturated carbocycles. The van der Waals surface area contributed by atoms with E-state index in [9.17, 15) is 22.4 Å². The molecule has 0 saturated heterocycles. The molecule has 0 fully saturated rings. The van der Waals surface area contributed by atoms with Crippen LogP contribution in [0.4, 0.5) is 17.6 Å². The van der Waals surface area contributed by atoms with Crippen LogP contribution >= 0.6 is 15.9 Å². The van der Waals surface area contributed by atoms with Crippen molar-refractivity contribution >= 4 is 21.7 Å². The van der Waals surface area contributed by atoms with Gasteiger partial charge in [0.15, 0.2) is 11.6 Å². The van der Waals surface area contributed by atoms with Crippen molar-refractivity contribution in [3.8, 4) is 6.07 Å². The normalized spacial score (nSPS) is 11.1. The van der Waals surface area contributed by atoms with Crippen molar-refractivity contribution < 1.29 is 22.4 Å². The summed E-state index contributed by atoms with van der Waals surface area (Å²) in [4.78, 5) is 11.2. The number of carbonyl (C=O) groups is 1. The molecule has 0 spiro atoms. The molecule has 2 nitrogen and oxygen atoms in total. The van der Waals surface area contributed by atoms with Gasteiger partial charge < -0.3 is 0 Å². The van der Waals surface area contributed by atoms with E-state index in [1.165, 1.54) is 6.07 Å². The van der Waals surface area contributed by atoms with Gasteiger partial charge in [0.25, 0.3) is 0 Å². The fourth-order valence-corrected chi connectivity index (χ4v) is 1.55. The number of nitrogens with zero attached hydrogens (tertiary/aromatic N) is 1. The Balaban J connectivity index is 3.60. The number of rotatable bonds is 2. The predicted octanol–water partition coefficient (Wildman–Crippen LogP) is 3.29. The number of nitriles is 1. The zero-order valence-electron chi connectivity index (χ0n) is 8.11. The lowest BCUT2D eigenvalue weighted by Gasteiger charge is -2.12. The van der Waals surface area contributed by atoms with Crippen LogP contribution < -0.4 is 0 Å². The van der Waals surface area contributed by atoms with Crippen LogP contribution in [-0.2, 0) is 6.18 Å². The average molecular weight is 310 g/mol. The number of alkyl halides is 4. The van der Waals surface area contributed by atoms with Crippen molar-refractivity contribution in [2.24, 2.45) is 0 Å². The summed E-state index contributed by atoms with van der Waals surface area (Å²) in [6.45, 7) is 0. The number of hydrogen-bond acceptors (Lipinski definition) is 2. The Kier molecular flexibility index (Phi) is 3.88. The first-order valence-electron chi connectivity index (χ1n) is 4.22. The van der Waals surface area contributed by atoms with Crippen LogP contribution in [0, 0.1) is 17.1 Å². The third kappa shape index (κ3) is 2.64. The summed E-state index contributed by atoms with van der Waals surface area (Å²) in [5.74, 6) is -2.62. The molecule has 1 rings (SSSR count). The number of ketones is 1. The fraction of sp³-hybridized carbons (Fsp3) is 0.200. The molecule has 0 atom stereocenters. The van der Waals surface area contributed by atoms with Crippen molar-refractivity contribution in [2.75, 3.05) is 5.33 Å². The number of hydrogen-bond donors (Lipinski definition) is 0. The van der Waals surface area contributed by atoms with Crippen LogP contribution in [-0.4, -0.2) is 11.1 Å². The van der Waals surface area contributed by atoms with Gasteiger partial charge in [0.05, 0.1) is 10.9 Å². The third-order valence-corrected chi connectivity index (χ3v) is 2.48. The van der Waals surface area contributed by atoms with E-state index in [0.29, 0.717) is 0 Å². The molecule has 17 heavy (non-hydrogen) atoms. The SMILES string of the molecule is N#Cc1ccc(C(=O)CBr)c(C(F)(F)F)c1F. The van der Waals surface area contributed by atoms with E-state index in [4.69, 9.17) is 5.26 Å². The van der Waals surface area contributed by atoms with Gasteiger partial charge in [-0.05, 0) is 12.1 Å². The number of carbonyl (C=O) groups excluding carboxylic acids is 1. The highest BCUT2D eigenvalue weighted by Gasteiger charge is 2.39. The van der Waals surface area contributed by atoms with Crippen LogP contribution in [0.5, 0.6) is 0 Å². The topological polar surface area (TPSA) is 40.9 Å². The molecule has 0 aliphatic carbocycles. The van der Waals surface area contributed by atoms with E-state index in [1.807, 2.05) is 0 Å². The van der Waals surface area contributed by atoms with Crippen LogP contribution in [0.1, 0.15) is 21.5 Å². The summed E-state index contributed by atoms with van der Waals surface area (Å²) >= 11 is 2.71. The molecule has 1 aromatic carbocycles. The van der Waals surface area contributed by atoms with Gasteiger partial charge in [-0.15, -0.1) is 0 Å². The van der Waals surface area contributed by atoms with E-state index in [0.717, 1.165) is 12.1 Å². The van der Waals surface area contributed by atoms with Gasteiger partial charge in [0.1, 0.15) is 11.6 Å². The molecule has 0 radical (unpaired) electrons. The zero-order valence-corrected chi connectivity index (χ0v) is 9.69. The van der Waals surface area contributed by atoms with Crippen LogP contribution in [0.15, 0.2) is 12.1 Å². The highest BCUT2D eigenvalue weighted by molar-refractivity contribution is 9.09. The molecular weight excluding hydrogens is 306 g/mol. The third-order valence-electron chi connectivity index (χ3n) is 1.97. The second kappa shape index (κ2) is 4.84. The largest absolute Gasteiger partial charge is 0.419 e. The minimum absolute atomic E-state index is 0.360. The highest BCUT2D eigenvalue weighted by atomic mass is 79.9. The minimum atomic E-state index is -5.02. The van der Waals surface area contributed by atoms with E-state index < -0.39 is 34.5 Å². The average Bonchev–Trinajstić information content (AvgIpc) is 2.25. The minimum Gasteiger partial charge on any atom is -0.293 e. The first-order valence-corrected chi connectivity index (χ1v) is 5.34. The summed E-state index contributed by atoms with van der Waals surface area (Å²) in [5, 5.41) is 8.08. The zero-order chi connectivity index (χ0) is 13.2. The molecule has 0 aliphatic rings. The lowest BCUT2D eigenvalue weighted by molar-refractivity contribution is -0.140. The fourth-order valence-electron chi connectivity index (χ4n) is 1.24. The van der Waals surface area contributed by atoms with Crippen molar-refractivity contribution in [1.29, 1.82) is 5.26 Å². The van der Waals surface area contributed by atoms with Gasteiger partial charge in [0.2, 0.25) is 0 Å². The second-order valence-electron chi connectivity index (χ2n) is 3.02. The maximum Gasteiger partial charge on any atom is 0.419 e. The number of halogens is 5. The Labute approximate surface area is 102 Å². The van der Waals surface area contributed by atoms with Crippen molar-refractivity contribution in [2.45, 2.75) is 6.18 Å². The maximum absolute atomic E-state index is 13.4. The second-order valence-corrected chi connectivity index (χ2v) is 3.58. The van der Waals surface area contributed by atoms with E-state index in [2.05, 4.69) is 15.9 Å². The molecule has 0 N–H and O–H groups in total. The standard InChI is InChI=1S/C10H4BrF4NO/c11-3-7(17)6-2-1-5(4-16)9(12)8(6)10(13,14)15/h1-2H,3H2. The molecule has 0 aliphatic heterocycles. The van der Waals surface area contributed by atoms with Gasteiger partial charge in [-0.2, -0.15) is 18.4 Å². The van der Waals surface area contributed by atoms with Crippen LogP contribution in [0.2, 0.25) is 0 Å². The van der Waals surface area contributed by atoms with Crippen LogP contribution in [0.25, 0.3) is 0 Å². The number of Topliss-reactive ketones (excluding diaryl/α,β-unsaturated/α-hetero) is 1. The smallest absolute Gasteiger partial charge is 0.293 e. The maximum atomic E-state index is 13.4. The van der Waals surface area contributed by atoms with Gasteiger partial charge in [-0.1, -0.05) is 15.9 Å². The predicted molar refractivity (Wildman–Crippen MR) is 54.2 cm³/mol. The number of benzene rings is 1.